The molecule has 4 rings (SSSR count). The van der Waals surface area contributed by atoms with E-state index in [1.807, 2.05) is 6.92 Å². The maximum absolute atomic E-state index is 13.7. The summed E-state index contributed by atoms with van der Waals surface area (Å²) in [5.41, 5.74) is 0.357. The van der Waals surface area contributed by atoms with Crippen molar-refractivity contribution in [1.82, 2.24) is 14.4 Å². The van der Waals surface area contributed by atoms with Gasteiger partial charge in [0.25, 0.3) is 15.9 Å². The van der Waals surface area contributed by atoms with Gasteiger partial charge in [-0.15, -0.1) is 0 Å². The Morgan fingerprint density at radius 1 is 1.15 bits per heavy atom. The van der Waals surface area contributed by atoms with Crippen LogP contribution in [0, 0.1) is 19.8 Å². The van der Waals surface area contributed by atoms with Crippen LogP contribution in [0.4, 0.5) is 5.69 Å². The summed E-state index contributed by atoms with van der Waals surface area (Å²) in [5.74, 6) is -0.509. The summed E-state index contributed by atoms with van der Waals surface area (Å²) in [6.07, 6.45) is -0.677. The molecule has 0 fully saturated rings. The fourth-order valence-electron chi connectivity index (χ4n) is 4.69. The zero-order chi connectivity index (χ0) is 30.1. The van der Waals surface area contributed by atoms with E-state index in [4.69, 9.17) is 9.26 Å². The van der Waals surface area contributed by atoms with Crippen LogP contribution in [0.3, 0.4) is 0 Å². The second-order valence-corrected chi connectivity index (χ2v) is 13.9. The minimum Gasteiger partial charge on any atom is -0.488 e. The van der Waals surface area contributed by atoms with E-state index in [0.29, 0.717) is 0 Å². The van der Waals surface area contributed by atoms with Crippen LogP contribution < -0.4 is 9.46 Å². The van der Waals surface area contributed by atoms with E-state index in [1.54, 1.807) is 25.1 Å². The molecular weight excluding hydrogens is 572 g/mol. The van der Waals surface area contributed by atoms with Crippen LogP contribution in [-0.4, -0.2) is 81.1 Å². The predicted octanol–water partition coefficient (Wildman–Crippen LogP) is 2.63. The highest BCUT2D eigenvalue weighted by Gasteiger charge is 2.35. The van der Waals surface area contributed by atoms with Crippen LogP contribution in [0.15, 0.2) is 62.8 Å². The summed E-state index contributed by atoms with van der Waals surface area (Å²) in [4.78, 5) is 15.2. The van der Waals surface area contributed by atoms with Crippen molar-refractivity contribution in [1.29, 1.82) is 0 Å². The molecule has 0 unspecified atom stereocenters. The number of aryl methyl sites for hydroxylation is 2. The lowest BCUT2D eigenvalue weighted by Gasteiger charge is -2.38. The fourth-order valence-corrected chi connectivity index (χ4v) is 7.28. The average Bonchev–Trinajstić information content (AvgIpc) is 3.29. The largest absolute Gasteiger partial charge is 0.488 e. The third kappa shape index (κ3) is 6.25. The number of hydrogen-bond donors (Lipinski definition) is 2. The number of fused-ring (bicyclic) bond motifs is 1. The van der Waals surface area contributed by atoms with Crippen LogP contribution in [0.1, 0.15) is 35.7 Å². The molecule has 0 spiro atoms. The van der Waals surface area contributed by atoms with Gasteiger partial charge in [0.15, 0.2) is 10.7 Å². The van der Waals surface area contributed by atoms with Crippen LogP contribution in [0.25, 0.3) is 0 Å². The van der Waals surface area contributed by atoms with Gasteiger partial charge in [-0.1, -0.05) is 30.3 Å². The molecule has 222 valence electrons. The number of likely N-dealkylation sites (N-methyl/N-ethyl adjacent to an activating group) is 1. The Bertz CT molecular complexity index is 1600. The van der Waals surface area contributed by atoms with Crippen molar-refractivity contribution in [2.24, 2.45) is 5.92 Å². The lowest BCUT2D eigenvalue weighted by Crippen LogP contribution is -2.50. The zero-order valence-electron chi connectivity index (χ0n) is 23.4. The van der Waals surface area contributed by atoms with Gasteiger partial charge >= 0.3 is 0 Å². The third-order valence-corrected chi connectivity index (χ3v) is 10.5. The first kappa shape index (κ1) is 30.5. The number of aliphatic hydroxyl groups is 1. The van der Waals surface area contributed by atoms with E-state index in [0.717, 1.165) is 0 Å². The Balaban J connectivity index is 1.70. The molecule has 2 N–H and O–H groups in total. The van der Waals surface area contributed by atoms with Gasteiger partial charge in [-0.2, -0.15) is 4.31 Å². The first-order valence-electron chi connectivity index (χ1n) is 13.0. The smallest absolute Gasteiger partial charge is 0.267 e. The lowest BCUT2D eigenvalue weighted by atomic mass is 9.99. The van der Waals surface area contributed by atoms with E-state index >= 15 is 0 Å². The van der Waals surface area contributed by atoms with Crippen molar-refractivity contribution in [2.75, 3.05) is 31.5 Å². The van der Waals surface area contributed by atoms with E-state index in [2.05, 4.69) is 9.88 Å². The molecule has 3 atom stereocenters. The number of anilines is 1. The number of ether oxygens (including phenoxy) is 1. The Morgan fingerprint density at radius 3 is 2.44 bits per heavy atom. The van der Waals surface area contributed by atoms with Crippen molar-refractivity contribution < 1.29 is 36.0 Å². The second kappa shape index (κ2) is 11.8. The van der Waals surface area contributed by atoms with Crippen LogP contribution in [0.5, 0.6) is 5.75 Å². The quantitative estimate of drug-likeness (QED) is 0.373. The van der Waals surface area contributed by atoms with Gasteiger partial charge in [0.05, 0.1) is 29.7 Å². The number of rotatable bonds is 9. The number of carbonyl (C=O) groups excluding carboxylic acids is 1. The van der Waals surface area contributed by atoms with E-state index < -0.39 is 38.1 Å². The highest BCUT2D eigenvalue weighted by molar-refractivity contribution is 7.92. The Morgan fingerprint density at radius 2 is 1.83 bits per heavy atom. The summed E-state index contributed by atoms with van der Waals surface area (Å²) in [7, 11) is -6.45. The number of hydrogen-bond acceptors (Lipinski definition) is 9. The number of sulfonamides is 2. The molecule has 41 heavy (non-hydrogen) atoms. The number of aromatic nitrogens is 1. The molecule has 0 saturated heterocycles. The predicted molar refractivity (Wildman–Crippen MR) is 151 cm³/mol. The maximum atomic E-state index is 13.7. The molecule has 3 aromatic rings. The summed E-state index contributed by atoms with van der Waals surface area (Å²) in [6.45, 7) is 6.37. The highest BCUT2D eigenvalue weighted by atomic mass is 32.2. The second-order valence-electron chi connectivity index (χ2n) is 10.2. The van der Waals surface area contributed by atoms with Crippen molar-refractivity contribution in [2.45, 2.75) is 49.6 Å². The minimum atomic E-state index is -4.09. The molecular formula is C27H34N4O8S2. The van der Waals surface area contributed by atoms with Crippen molar-refractivity contribution >= 4 is 31.6 Å². The Kier molecular flexibility index (Phi) is 8.78. The monoisotopic (exact) mass is 606 g/mol. The third-order valence-electron chi connectivity index (χ3n) is 7.04. The van der Waals surface area contributed by atoms with Crippen molar-refractivity contribution in [3.8, 4) is 5.75 Å². The summed E-state index contributed by atoms with van der Waals surface area (Å²) in [5, 5.41) is 13.6. The number of nitrogens with one attached hydrogen (secondary N) is 1. The molecule has 12 nitrogen and oxygen atoms in total. The van der Waals surface area contributed by atoms with Gasteiger partial charge in [0, 0.05) is 25.2 Å². The van der Waals surface area contributed by atoms with E-state index in [-0.39, 0.29) is 63.9 Å². The number of carbonyl (C=O) groups is 1. The highest BCUT2D eigenvalue weighted by Crippen LogP contribution is 2.32. The summed E-state index contributed by atoms with van der Waals surface area (Å²) < 4.78 is 67.5. The first-order chi connectivity index (χ1) is 19.3. The summed E-state index contributed by atoms with van der Waals surface area (Å²) >= 11 is 0. The van der Waals surface area contributed by atoms with Gasteiger partial charge < -0.3 is 19.3 Å². The Labute approximate surface area is 240 Å². The number of nitrogens with zero attached hydrogens (tertiary/aromatic N) is 3. The molecule has 2 heterocycles. The van der Waals surface area contributed by atoms with Crippen LogP contribution in [-0.2, 0) is 20.0 Å². The van der Waals surface area contributed by atoms with Gasteiger partial charge in [0.1, 0.15) is 17.5 Å². The molecule has 0 saturated carbocycles. The molecule has 2 aromatic carbocycles. The Hall–Kier alpha value is -3.46. The molecule has 1 aliphatic rings. The van der Waals surface area contributed by atoms with Crippen LogP contribution >= 0.6 is 0 Å². The van der Waals surface area contributed by atoms with Crippen LogP contribution in [0.2, 0.25) is 0 Å². The van der Waals surface area contributed by atoms with E-state index in [1.165, 1.54) is 60.4 Å². The molecule has 0 bridgehead atoms. The number of benzene rings is 2. The van der Waals surface area contributed by atoms with Crippen molar-refractivity contribution in [3.63, 3.8) is 0 Å². The lowest BCUT2D eigenvalue weighted by molar-refractivity contribution is 0.0387. The molecule has 0 aliphatic carbocycles. The number of aliphatic hydroxyl groups excluding tert-OH is 1. The fraction of sp³-hybridized carbons (Fsp3) is 0.407. The van der Waals surface area contributed by atoms with E-state index in [9.17, 15) is 26.7 Å². The standard InChI is InChI=1S/C27H34N4O8S2/c1-17-14-31(18(2)16-32)27(33)23-13-21(29-40(34,35)26-19(3)28-39-20(26)4)11-12-24(23)38-25(17)15-30(5)41(36,37)22-9-7-6-8-10-22/h6-13,17-18,25,29,32H,14-16H2,1-5H3/t17-,18-,25+/m0/s1. The van der Waals surface area contributed by atoms with Crippen molar-refractivity contribution in [3.05, 3.63) is 65.5 Å². The molecule has 14 heteroatoms. The zero-order valence-corrected chi connectivity index (χ0v) is 25.1. The molecule has 1 amide bonds. The molecule has 1 aromatic heterocycles. The molecule has 1 aliphatic heterocycles. The molecule has 0 radical (unpaired) electrons. The number of amides is 1. The topological polar surface area (TPSA) is 159 Å². The van der Waals surface area contributed by atoms with Gasteiger partial charge in [-0.05, 0) is 51.1 Å². The van der Waals surface area contributed by atoms with Gasteiger partial charge in [-0.3, -0.25) is 9.52 Å². The first-order valence-corrected chi connectivity index (χ1v) is 15.9. The SMILES string of the molecule is Cc1noc(C)c1S(=O)(=O)Nc1ccc2c(c1)C(=O)N([C@@H](C)CO)C[C@H](C)[C@@H](CN(C)S(=O)(=O)c1ccccc1)O2. The average molecular weight is 607 g/mol. The van der Waals surface area contributed by atoms with Gasteiger partial charge in [0.2, 0.25) is 10.0 Å². The maximum Gasteiger partial charge on any atom is 0.267 e. The minimum absolute atomic E-state index is 0.0200. The summed E-state index contributed by atoms with van der Waals surface area (Å²) in [6, 6.07) is 11.8. The van der Waals surface area contributed by atoms with Gasteiger partial charge in [-0.25, -0.2) is 16.8 Å². The normalized spacial score (nSPS) is 18.8.